The Balaban J connectivity index is 2.39. The summed E-state index contributed by atoms with van der Waals surface area (Å²) < 4.78 is 25.8. The smallest absolute Gasteiger partial charge is 0.280 e. The maximum atomic E-state index is 11.2. The van der Waals surface area contributed by atoms with E-state index in [1.807, 2.05) is 6.92 Å². The number of hydrogen-bond donors (Lipinski definition) is 0. The second-order valence-corrected chi connectivity index (χ2v) is 6.23. The molecule has 0 saturated heterocycles. The first-order valence-electron chi connectivity index (χ1n) is 5.25. The molecule has 2 aromatic heterocycles. The van der Waals surface area contributed by atoms with E-state index in [4.69, 9.17) is 10.7 Å². The number of nitrogens with zero attached hydrogens (tertiary/aromatic N) is 5. The van der Waals surface area contributed by atoms with Crippen LogP contribution >= 0.6 is 10.7 Å². The largest absolute Gasteiger partial charge is 0.326 e. The van der Waals surface area contributed by atoms with E-state index in [0.29, 0.717) is 24.6 Å². The van der Waals surface area contributed by atoms with Crippen molar-refractivity contribution in [1.82, 2.24) is 24.3 Å². The van der Waals surface area contributed by atoms with E-state index in [0.717, 1.165) is 0 Å². The normalized spacial score (nSPS) is 11.9. The van der Waals surface area contributed by atoms with E-state index in [1.54, 1.807) is 16.3 Å². The zero-order valence-corrected chi connectivity index (χ0v) is 11.5. The summed E-state index contributed by atoms with van der Waals surface area (Å²) in [5.41, 5.74) is 0. The summed E-state index contributed by atoms with van der Waals surface area (Å²) >= 11 is 0. The zero-order chi connectivity index (χ0) is 13.3. The molecule has 0 aliphatic carbocycles. The van der Waals surface area contributed by atoms with E-state index in [1.165, 1.54) is 12.5 Å². The fourth-order valence-corrected chi connectivity index (χ4v) is 2.27. The number of aromatic nitrogens is 5. The molecule has 0 aliphatic rings. The van der Waals surface area contributed by atoms with E-state index >= 15 is 0 Å². The molecule has 0 saturated carbocycles. The van der Waals surface area contributed by atoms with Crippen LogP contribution in [0.15, 0.2) is 17.6 Å². The van der Waals surface area contributed by atoms with Crippen molar-refractivity contribution < 1.29 is 8.42 Å². The second kappa shape index (κ2) is 4.69. The highest BCUT2D eigenvalue weighted by Crippen LogP contribution is 2.15. The Morgan fingerprint density at radius 2 is 2.11 bits per heavy atom. The molecule has 0 bridgehead atoms. The maximum Gasteiger partial charge on any atom is 0.280 e. The summed E-state index contributed by atoms with van der Waals surface area (Å²) in [7, 11) is 3.24. The first-order chi connectivity index (χ1) is 8.41. The molecule has 0 amide bonds. The van der Waals surface area contributed by atoms with Crippen molar-refractivity contribution in [2.45, 2.75) is 24.9 Å². The van der Waals surface area contributed by atoms with Crippen LogP contribution in [0.2, 0.25) is 0 Å². The number of halogens is 1. The van der Waals surface area contributed by atoms with Gasteiger partial charge in [-0.2, -0.15) is 5.10 Å². The van der Waals surface area contributed by atoms with Gasteiger partial charge in [0.1, 0.15) is 18.0 Å². The number of aryl methyl sites for hydroxylation is 2. The third kappa shape index (κ3) is 2.54. The van der Waals surface area contributed by atoms with Crippen molar-refractivity contribution in [2.24, 2.45) is 7.05 Å². The summed E-state index contributed by atoms with van der Waals surface area (Å²) in [5, 5.41) is 3.82. The van der Waals surface area contributed by atoms with Crippen LogP contribution in [-0.4, -0.2) is 32.7 Å². The van der Waals surface area contributed by atoms with Crippen LogP contribution in [0.1, 0.15) is 18.6 Å². The molecular weight excluding hydrogens is 278 g/mol. The van der Waals surface area contributed by atoms with E-state index in [2.05, 4.69) is 15.1 Å². The van der Waals surface area contributed by atoms with E-state index in [-0.39, 0.29) is 5.03 Å². The molecule has 2 aromatic rings. The van der Waals surface area contributed by atoms with Crippen LogP contribution in [0, 0.1) is 0 Å². The molecule has 7 nitrogen and oxygen atoms in total. The highest BCUT2D eigenvalue weighted by Gasteiger charge is 2.17. The van der Waals surface area contributed by atoms with Crippen LogP contribution < -0.4 is 0 Å². The van der Waals surface area contributed by atoms with Gasteiger partial charge in [0.15, 0.2) is 5.03 Å². The monoisotopic (exact) mass is 289 g/mol. The Morgan fingerprint density at radius 3 is 2.61 bits per heavy atom. The molecule has 98 valence electrons. The molecule has 0 aliphatic heterocycles. The van der Waals surface area contributed by atoms with Gasteiger partial charge in [0.25, 0.3) is 9.05 Å². The summed E-state index contributed by atoms with van der Waals surface area (Å²) in [6, 6.07) is 0. The third-order valence-corrected chi connectivity index (χ3v) is 3.69. The summed E-state index contributed by atoms with van der Waals surface area (Å²) in [6.45, 7) is 2.29. The van der Waals surface area contributed by atoms with Crippen LogP contribution in [0.3, 0.4) is 0 Å². The molecule has 0 unspecified atom stereocenters. The minimum atomic E-state index is -3.81. The van der Waals surface area contributed by atoms with Gasteiger partial charge in [-0.25, -0.2) is 18.4 Å². The van der Waals surface area contributed by atoms with Crippen molar-refractivity contribution in [2.75, 3.05) is 0 Å². The highest BCUT2D eigenvalue weighted by atomic mass is 35.7. The summed E-state index contributed by atoms with van der Waals surface area (Å²) in [6.07, 6.45) is 3.46. The Bertz CT molecular complexity index is 660. The van der Waals surface area contributed by atoms with Crippen molar-refractivity contribution in [3.63, 3.8) is 0 Å². The van der Waals surface area contributed by atoms with Gasteiger partial charge < -0.3 is 4.57 Å². The second-order valence-electron chi connectivity index (χ2n) is 3.71. The van der Waals surface area contributed by atoms with Gasteiger partial charge in [0.05, 0.1) is 6.54 Å². The molecule has 0 N–H and O–H groups in total. The van der Waals surface area contributed by atoms with Gasteiger partial charge in [-0.05, 0) is 0 Å². The third-order valence-electron chi connectivity index (χ3n) is 2.52. The predicted molar refractivity (Wildman–Crippen MR) is 64.7 cm³/mol. The number of imidazole rings is 1. The fourth-order valence-electron chi connectivity index (χ4n) is 1.58. The van der Waals surface area contributed by atoms with Gasteiger partial charge in [0.2, 0.25) is 0 Å². The minimum Gasteiger partial charge on any atom is -0.326 e. The molecule has 2 heterocycles. The van der Waals surface area contributed by atoms with Crippen LogP contribution in [0.5, 0.6) is 0 Å². The quantitative estimate of drug-likeness (QED) is 0.768. The molecule has 9 heteroatoms. The Morgan fingerprint density at radius 1 is 1.39 bits per heavy atom. The average Bonchev–Trinajstić information content (AvgIpc) is 2.86. The number of hydrogen-bond acceptors (Lipinski definition) is 5. The van der Waals surface area contributed by atoms with Crippen molar-refractivity contribution in [1.29, 1.82) is 0 Å². The Labute approximate surface area is 109 Å². The molecule has 0 spiro atoms. The number of rotatable bonds is 4. The maximum absolute atomic E-state index is 11.2. The fraction of sp³-hybridized carbons (Fsp3) is 0.444. The van der Waals surface area contributed by atoms with Crippen molar-refractivity contribution in [3.8, 4) is 0 Å². The Hall–Kier alpha value is -1.41. The van der Waals surface area contributed by atoms with Crippen LogP contribution in [0.25, 0.3) is 0 Å². The summed E-state index contributed by atoms with van der Waals surface area (Å²) in [5.74, 6) is 1.35. The molecule has 0 fully saturated rings. The Kier molecular flexibility index (Phi) is 3.40. The minimum absolute atomic E-state index is 0.136. The van der Waals surface area contributed by atoms with E-state index in [9.17, 15) is 8.42 Å². The van der Waals surface area contributed by atoms with Gasteiger partial charge in [-0.1, -0.05) is 6.92 Å². The van der Waals surface area contributed by atoms with Gasteiger partial charge in [0, 0.05) is 30.3 Å². The van der Waals surface area contributed by atoms with Gasteiger partial charge in [-0.15, -0.1) is 0 Å². The zero-order valence-electron chi connectivity index (χ0n) is 9.91. The molecule has 0 atom stereocenters. The standard InChI is InChI=1S/C9H12ClN5O2S/c1-3-7-13-9(18(10,16)17)5-15(7)4-8-11-6-12-14(8)2/h5-6H,3-4H2,1-2H3. The average molecular weight is 290 g/mol. The van der Waals surface area contributed by atoms with Gasteiger partial charge in [-0.3, -0.25) is 4.68 Å². The molecule has 0 radical (unpaired) electrons. The first kappa shape index (κ1) is 13.0. The molecule has 2 rings (SSSR count). The van der Waals surface area contributed by atoms with Crippen molar-refractivity contribution >= 4 is 19.7 Å². The lowest BCUT2D eigenvalue weighted by molar-refractivity contribution is 0.606. The molecule has 0 aromatic carbocycles. The summed E-state index contributed by atoms with van der Waals surface area (Å²) in [4.78, 5) is 8.07. The topological polar surface area (TPSA) is 82.7 Å². The lowest BCUT2D eigenvalue weighted by atomic mass is 10.4. The molecular formula is C9H12ClN5O2S. The van der Waals surface area contributed by atoms with E-state index < -0.39 is 9.05 Å². The predicted octanol–water partition coefficient (Wildman–Crippen LogP) is 0.550. The first-order valence-corrected chi connectivity index (χ1v) is 7.56. The lowest BCUT2D eigenvalue weighted by Gasteiger charge is -2.04. The highest BCUT2D eigenvalue weighted by molar-refractivity contribution is 8.13. The van der Waals surface area contributed by atoms with Crippen LogP contribution in [0.4, 0.5) is 0 Å². The lowest BCUT2D eigenvalue weighted by Crippen LogP contribution is -2.08. The molecule has 18 heavy (non-hydrogen) atoms. The SMILES string of the molecule is CCc1nc(S(=O)(=O)Cl)cn1Cc1ncnn1C. The van der Waals surface area contributed by atoms with Gasteiger partial charge >= 0.3 is 0 Å². The van der Waals surface area contributed by atoms with Crippen molar-refractivity contribution in [3.05, 3.63) is 24.2 Å². The van der Waals surface area contributed by atoms with Crippen LogP contribution in [-0.2, 0) is 29.1 Å².